The van der Waals surface area contributed by atoms with Crippen LogP contribution >= 0.6 is 23.2 Å². The smallest absolute Gasteiger partial charge is 0.256 e. The van der Waals surface area contributed by atoms with Crippen molar-refractivity contribution in [2.45, 2.75) is 27.3 Å². The van der Waals surface area contributed by atoms with E-state index in [1.54, 1.807) is 11.6 Å². The number of amides is 1. The lowest BCUT2D eigenvalue weighted by Gasteiger charge is -2.28. The fourth-order valence-electron chi connectivity index (χ4n) is 3.02. The Morgan fingerprint density at radius 3 is 2.54 bits per heavy atom. The van der Waals surface area contributed by atoms with Gasteiger partial charge in [-0.25, -0.2) is 4.68 Å². The average molecular weight is 397 g/mol. The molecule has 0 aliphatic carbocycles. The lowest BCUT2D eigenvalue weighted by atomic mass is 9.93. The van der Waals surface area contributed by atoms with Crippen LogP contribution in [0.15, 0.2) is 24.3 Å². The minimum absolute atomic E-state index is 0.0485. The Morgan fingerprint density at radius 2 is 1.92 bits per heavy atom. The first-order valence-corrected chi connectivity index (χ1v) is 9.25. The molecule has 0 atom stereocenters. The Morgan fingerprint density at radius 1 is 1.27 bits per heavy atom. The molecular formula is C19H26Cl2N4O. The third-order valence-corrected chi connectivity index (χ3v) is 4.80. The molecular weight excluding hydrogens is 371 g/mol. The van der Waals surface area contributed by atoms with Crippen LogP contribution in [0.3, 0.4) is 0 Å². The Hall–Kier alpha value is -1.56. The molecule has 1 aromatic carbocycles. The van der Waals surface area contributed by atoms with E-state index < -0.39 is 0 Å². The van der Waals surface area contributed by atoms with Gasteiger partial charge in [0, 0.05) is 18.1 Å². The van der Waals surface area contributed by atoms with Crippen molar-refractivity contribution in [2.24, 2.45) is 5.41 Å². The van der Waals surface area contributed by atoms with Gasteiger partial charge in [0.05, 0.1) is 17.8 Å². The molecule has 0 unspecified atom stereocenters. The maximum Gasteiger partial charge on any atom is 0.256 e. The maximum absolute atomic E-state index is 12.7. The van der Waals surface area contributed by atoms with Crippen LogP contribution < -0.4 is 5.32 Å². The molecule has 1 aromatic heterocycles. The minimum Gasteiger partial charge on any atom is -0.351 e. The number of benzene rings is 1. The predicted molar refractivity (Wildman–Crippen MR) is 107 cm³/mol. The molecule has 0 saturated carbocycles. The van der Waals surface area contributed by atoms with E-state index in [0.717, 1.165) is 12.1 Å². The first-order chi connectivity index (χ1) is 12.1. The summed E-state index contributed by atoms with van der Waals surface area (Å²) in [6, 6.07) is 7.52. The number of halogens is 2. The van der Waals surface area contributed by atoms with Crippen LogP contribution in [0.5, 0.6) is 0 Å². The number of hydrogen-bond acceptors (Lipinski definition) is 3. The van der Waals surface area contributed by atoms with Crippen LogP contribution in [0, 0.1) is 12.3 Å². The van der Waals surface area contributed by atoms with Gasteiger partial charge in [0.25, 0.3) is 5.91 Å². The molecule has 2 rings (SSSR count). The van der Waals surface area contributed by atoms with E-state index in [-0.39, 0.29) is 11.3 Å². The van der Waals surface area contributed by atoms with Gasteiger partial charge in [-0.15, -0.1) is 0 Å². The predicted octanol–water partition coefficient (Wildman–Crippen LogP) is 3.86. The largest absolute Gasteiger partial charge is 0.351 e. The number of nitrogens with one attached hydrogen (secondary N) is 1. The SMILES string of the molecule is Cc1nn(Cc2ccccc2Cl)c(Cl)c1C(=O)NCC(C)(C)CN(C)C. The topological polar surface area (TPSA) is 50.2 Å². The number of rotatable bonds is 7. The monoisotopic (exact) mass is 396 g/mol. The highest BCUT2D eigenvalue weighted by Crippen LogP contribution is 2.24. The second kappa shape index (κ2) is 8.42. The van der Waals surface area contributed by atoms with Crippen molar-refractivity contribution in [1.82, 2.24) is 20.0 Å². The third-order valence-electron chi connectivity index (χ3n) is 4.04. The van der Waals surface area contributed by atoms with Crippen LogP contribution in [0.1, 0.15) is 35.5 Å². The van der Waals surface area contributed by atoms with E-state index in [4.69, 9.17) is 23.2 Å². The van der Waals surface area contributed by atoms with Crippen molar-refractivity contribution in [3.05, 3.63) is 51.3 Å². The first-order valence-electron chi connectivity index (χ1n) is 8.50. The van der Waals surface area contributed by atoms with Gasteiger partial charge in [-0.2, -0.15) is 5.10 Å². The normalized spacial score (nSPS) is 11.8. The van der Waals surface area contributed by atoms with Crippen molar-refractivity contribution >= 4 is 29.1 Å². The van der Waals surface area contributed by atoms with E-state index in [1.165, 1.54) is 0 Å². The van der Waals surface area contributed by atoms with Crippen molar-refractivity contribution < 1.29 is 4.79 Å². The summed E-state index contributed by atoms with van der Waals surface area (Å²) in [5.74, 6) is -0.204. The average Bonchev–Trinajstić information content (AvgIpc) is 2.80. The highest BCUT2D eigenvalue weighted by Gasteiger charge is 2.24. The molecule has 1 heterocycles. The quantitative estimate of drug-likeness (QED) is 0.772. The van der Waals surface area contributed by atoms with Crippen LogP contribution in [0.25, 0.3) is 0 Å². The maximum atomic E-state index is 12.7. The van der Waals surface area contributed by atoms with Gasteiger partial charge < -0.3 is 10.2 Å². The summed E-state index contributed by atoms with van der Waals surface area (Å²) in [6.07, 6.45) is 0. The molecule has 2 aromatic rings. The summed E-state index contributed by atoms with van der Waals surface area (Å²) >= 11 is 12.7. The van der Waals surface area contributed by atoms with Gasteiger partial charge in [-0.05, 0) is 38.1 Å². The molecule has 0 bridgehead atoms. The number of aryl methyl sites for hydroxylation is 1. The molecule has 142 valence electrons. The fraction of sp³-hybridized carbons (Fsp3) is 0.474. The standard InChI is InChI=1S/C19H26Cl2N4O/c1-13-16(18(26)22-11-19(2,3)12-24(4)5)17(21)25(23-13)10-14-8-6-7-9-15(14)20/h6-9H,10-12H2,1-5H3,(H,22,26). The summed E-state index contributed by atoms with van der Waals surface area (Å²) < 4.78 is 1.61. The minimum atomic E-state index is -0.204. The Kier molecular flexibility index (Phi) is 6.72. The molecule has 0 saturated heterocycles. The van der Waals surface area contributed by atoms with E-state index in [2.05, 4.69) is 29.2 Å². The Balaban J connectivity index is 2.14. The van der Waals surface area contributed by atoms with E-state index in [1.807, 2.05) is 38.4 Å². The van der Waals surface area contributed by atoms with Crippen LogP contribution in [-0.2, 0) is 6.54 Å². The third kappa shape index (κ3) is 5.22. The molecule has 0 spiro atoms. The fourth-order valence-corrected chi connectivity index (χ4v) is 3.54. The summed E-state index contributed by atoms with van der Waals surface area (Å²) in [7, 11) is 4.03. The highest BCUT2D eigenvalue weighted by atomic mass is 35.5. The van der Waals surface area contributed by atoms with Gasteiger partial charge in [-0.3, -0.25) is 4.79 Å². The van der Waals surface area contributed by atoms with Crippen LogP contribution in [0.2, 0.25) is 10.2 Å². The van der Waals surface area contributed by atoms with Crippen molar-refractivity contribution in [1.29, 1.82) is 0 Å². The molecule has 5 nitrogen and oxygen atoms in total. The van der Waals surface area contributed by atoms with Gasteiger partial charge in [0.2, 0.25) is 0 Å². The van der Waals surface area contributed by atoms with E-state index in [0.29, 0.717) is 34.5 Å². The molecule has 1 amide bonds. The van der Waals surface area contributed by atoms with Crippen LogP contribution in [-0.4, -0.2) is 47.8 Å². The van der Waals surface area contributed by atoms with Gasteiger partial charge in [0.1, 0.15) is 5.15 Å². The summed E-state index contributed by atoms with van der Waals surface area (Å²) in [5.41, 5.74) is 1.87. The van der Waals surface area contributed by atoms with Crippen molar-refractivity contribution in [3.63, 3.8) is 0 Å². The molecule has 1 N–H and O–H groups in total. The zero-order valence-corrected chi connectivity index (χ0v) is 17.4. The number of carbonyl (C=O) groups is 1. The lowest BCUT2D eigenvalue weighted by molar-refractivity contribution is 0.0928. The zero-order valence-electron chi connectivity index (χ0n) is 15.9. The van der Waals surface area contributed by atoms with Gasteiger partial charge in [0.15, 0.2) is 0 Å². The molecule has 0 fully saturated rings. The van der Waals surface area contributed by atoms with E-state index in [9.17, 15) is 4.79 Å². The second-order valence-electron chi connectivity index (χ2n) is 7.58. The second-order valence-corrected chi connectivity index (χ2v) is 8.35. The summed E-state index contributed by atoms with van der Waals surface area (Å²) in [5, 5.41) is 8.37. The van der Waals surface area contributed by atoms with Crippen LogP contribution in [0.4, 0.5) is 0 Å². The summed E-state index contributed by atoms with van der Waals surface area (Å²) in [4.78, 5) is 14.8. The van der Waals surface area contributed by atoms with Gasteiger partial charge in [-0.1, -0.05) is 55.2 Å². The Labute approximate surface area is 165 Å². The molecule has 0 aliphatic heterocycles. The molecule has 0 aliphatic rings. The Bertz CT molecular complexity index is 784. The highest BCUT2D eigenvalue weighted by molar-refractivity contribution is 6.33. The zero-order chi connectivity index (χ0) is 19.5. The molecule has 26 heavy (non-hydrogen) atoms. The van der Waals surface area contributed by atoms with E-state index >= 15 is 0 Å². The number of hydrogen-bond donors (Lipinski definition) is 1. The molecule has 0 radical (unpaired) electrons. The molecule has 7 heteroatoms. The van der Waals surface area contributed by atoms with Crippen molar-refractivity contribution in [2.75, 3.05) is 27.2 Å². The van der Waals surface area contributed by atoms with Crippen molar-refractivity contribution in [3.8, 4) is 0 Å². The number of nitrogens with zero attached hydrogens (tertiary/aromatic N) is 3. The number of aromatic nitrogens is 2. The lowest BCUT2D eigenvalue weighted by Crippen LogP contribution is -2.40. The number of carbonyl (C=O) groups excluding carboxylic acids is 1. The first kappa shape index (κ1) is 20.7. The van der Waals surface area contributed by atoms with Gasteiger partial charge >= 0.3 is 0 Å². The summed E-state index contributed by atoms with van der Waals surface area (Å²) in [6.45, 7) is 7.85.